The minimum Gasteiger partial charge on any atom is -0.489 e. The second kappa shape index (κ2) is 12.1. The van der Waals surface area contributed by atoms with Gasteiger partial charge in [-0.05, 0) is 30.2 Å². The smallest absolute Gasteiger partial charge is 0.191 e. The van der Waals surface area contributed by atoms with E-state index < -0.39 is 0 Å². The summed E-state index contributed by atoms with van der Waals surface area (Å²) in [7, 11) is 1.87. The van der Waals surface area contributed by atoms with Gasteiger partial charge >= 0.3 is 0 Å². The molecule has 7 nitrogen and oxygen atoms in total. The van der Waals surface area contributed by atoms with E-state index in [0.29, 0.717) is 19.7 Å². The molecule has 2 N–H and O–H groups in total. The predicted molar refractivity (Wildman–Crippen MR) is 125 cm³/mol. The fourth-order valence-corrected chi connectivity index (χ4v) is 2.63. The second-order valence-corrected chi connectivity index (χ2v) is 6.27. The number of nitrogens with one attached hydrogen (secondary N) is 2. The molecular formula is C21H27IN6O. The zero-order valence-corrected chi connectivity index (χ0v) is 19.0. The molecule has 154 valence electrons. The summed E-state index contributed by atoms with van der Waals surface area (Å²) in [5.74, 6) is 2.43. The number of ether oxygens (including phenoxy) is 1. The summed E-state index contributed by atoms with van der Waals surface area (Å²) in [4.78, 5) is 8.87. The van der Waals surface area contributed by atoms with E-state index in [2.05, 4.69) is 37.8 Å². The van der Waals surface area contributed by atoms with Crippen LogP contribution in [0.15, 0.2) is 65.9 Å². The van der Waals surface area contributed by atoms with Crippen molar-refractivity contribution in [1.29, 1.82) is 0 Å². The van der Waals surface area contributed by atoms with E-state index >= 15 is 0 Å². The molecule has 0 saturated carbocycles. The monoisotopic (exact) mass is 506 g/mol. The van der Waals surface area contributed by atoms with Gasteiger partial charge in [-0.2, -0.15) is 5.10 Å². The topological polar surface area (TPSA) is 76.4 Å². The highest BCUT2D eigenvalue weighted by Gasteiger charge is 2.03. The number of hydrogen-bond donors (Lipinski definition) is 2. The molecular weight excluding hydrogens is 479 g/mol. The molecule has 2 aromatic carbocycles. The maximum absolute atomic E-state index is 5.90. The van der Waals surface area contributed by atoms with Crippen molar-refractivity contribution in [3.05, 3.63) is 77.9 Å². The summed E-state index contributed by atoms with van der Waals surface area (Å²) in [6, 6.07) is 18.2. The molecule has 3 rings (SSSR count). The van der Waals surface area contributed by atoms with Crippen LogP contribution in [0.4, 0.5) is 0 Å². The first-order valence-electron chi connectivity index (χ1n) is 9.35. The summed E-state index contributed by atoms with van der Waals surface area (Å²) >= 11 is 0. The van der Waals surface area contributed by atoms with Gasteiger partial charge in [0.1, 0.15) is 24.5 Å². The quantitative estimate of drug-likeness (QED) is 0.279. The maximum atomic E-state index is 5.90. The van der Waals surface area contributed by atoms with Gasteiger partial charge in [-0.3, -0.25) is 4.68 Å². The van der Waals surface area contributed by atoms with Crippen molar-refractivity contribution < 1.29 is 4.74 Å². The molecule has 0 bridgehead atoms. The molecule has 0 aliphatic heterocycles. The van der Waals surface area contributed by atoms with E-state index in [-0.39, 0.29) is 24.0 Å². The fourth-order valence-electron chi connectivity index (χ4n) is 2.63. The Morgan fingerprint density at radius 2 is 1.86 bits per heavy atom. The lowest BCUT2D eigenvalue weighted by Crippen LogP contribution is -2.37. The van der Waals surface area contributed by atoms with E-state index in [1.54, 1.807) is 11.0 Å². The Kier molecular flexibility index (Phi) is 9.42. The van der Waals surface area contributed by atoms with Crippen molar-refractivity contribution in [2.24, 2.45) is 12.0 Å². The van der Waals surface area contributed by atoms with E-state index in [9.17, 15) is 0 Å². The first kappa shape index (κ1) is 22.7. The first-order valence-corrected chi connectivity index (χ1v) is 9.35. The molecule has 0 aliphatic carbocycles. The van der Waals surface area contributed by atoms with E-state index in [1.807, 2.05) is 56.4 Å². The van der Waals surface area contributed by atoms with Crippen molar-refractivity contribution in [2.45, 2.75) is 26.6 Å². The van der Waals surface area contributed by atoms with Crippen LogP contribution < -0.4 is 15.4 Å². The van der Waals surface area contributed by atoms with Crippen molar-refractivity contribution >= 4 is 29.9 Å². The third-order valence-corrected chi connectivity index (χ3v) is 4.13. The van der Waals surface area contributed by atoms with Gasteiger partial charge in [0.05, 0.1) is 13.1 Å². The van der Waals surface area contributed by atoms with Gasteiger partial charge in [0.25, 0.3) is 0 Å². The van der Waals surface area contributed by atoms with Crippen LogP contribution in [0.25, 0.3) is 0 Å². The van der Waals surface area contributed by atoms with Gasteiger partial charge in [-0.1, -0.05) is 42.5 Å². The minimum absolute atomic E-state index is 0. The van der Waals surface area contributed by atoms with E-state index in [0.717, 1.165) is 35.2 Å². The Morgan fingerprint density at radius 3 is 2.59 bits per heavy atom. The minimum atomic E-state index is 0. The van der Waals surface area contributed by atoms with E-state index in [4.69, 9.17) is 4.74 Å². The number of aryl methyl sites for hydroxylation is 1. The standard InChI is InChI=1S/C21H26N6O.HI/c1-3-22-21(24-14-20-25-16-26-27(20)2)23-13-18-10-7-11-19(12-18)28-15-17-8-5-4-6-9-17;/h4-12,16H,3,13-15H2,1-2H3,(H2,22,23,24);1H. The van der Waals surface area contributed by atoms with Crippen molar-refractivity contribution in [2.75, 3.05) is 6.54 Å². The SMILES string of the molecule is CCNC(=NCc1cccc(OCc2ccccc2)c1)NCc1ncnn1C.I. The number of aliphatic imine (C=N–C) groups is 1. The van der Waals surface area contributed by atoms with Gasteiger partial charge < -0.3 is 15.4 Å². The summed E-state index contributed by atoms with van der Waals surface area (Å²) in [5, 5.41) is 10.6. The van der Waals surface area contributed by atoms with Crippen molar-refractivity contribution in [1.82, 2.24) is 25.4 Å². The molecule has 0 radical (unpaired) electrons. The van der Waals surface area contributed by atoms with Gasteiger partial charge in [0, 0.05) is 13.6 Å². The zero-order chi connectivity index (χ0) is 19.6. The van der Waals surface area contributed by atoms with Gasteiger partial charge in [0.15, 0.2) is 5.96 Å². The van der Waals surface area contributed by atoms with Crippen LogP contribution in [0.3, 0.4) is 0 Å². The van der Waals surface area contributed by atoms with Gasteiger partial charge in [0.2, 0.25) is 0 Å². The molecule has 8 heteroatoms. The van der Waals surface area contributed by atoms with Crippen LogP contribution in [0, 0.1) is 0 Å². The van der Waals surface area contributed by atoms with Crippen LogP contribution in [0.2, 0.25) is 0 Å². The summed E-state index contributed by atoms with van der Waals surface area (Å²) in [6.45, 7) is 4.48. The Balaban J connectivity index is 0.00000300. The molecule has 0 saturated heterocycles. The predicted octanol–water partition coefficient (Wildman–Crippen LogP) is 3.27. The van der Waals surface area contributed by atoms with Crippen LogP contribution in [-0.2, 0) is 26.7 Å². The fraction of sp³-hybridized carbons (Fsp3) is 0.286. The van der Waals surface area contributed by atoms with Gasteiger partial charge in [-0.15, -0.1) is 24.0 Å². The Hall–Kier alpha value is -2.62. The highest BCUT2D eigenvalue weighted by molar-refractivity contribution is 14.0. The van der Waals surface area contributed by atoms with E-state index in [1.165, 1.54) is 0 Å². The molecule has 0 spiro atoms. The average molecular weight is 506 g/mol. The molecule has 0 aliphatic rings. The largest absolute Gasteiger partial charge is 0.489 e. The third kappa shape index (κ3) is 7.37. The summed E-state index contributed by atoms with van der Waals surface area (Å²) in [5.41, 5.74) is 2.23. The normalized spacial score (nSPS) is 10.9. The molecule has 3 aromatic rings. The lowest BCUT2D eigenvalue weighted by Gasteiger charge is -2.11. The molecule has 1 aromatic heterocycles. The van der Waals surface area contributed by atoms with Crippen LogP contribution in [0.1, 0.15) is 23.9 Å². The summed E-state index contributed by atoms with van der Waals surface area (Å²) in [6.07, 6.45) is 1.54. The number of hydrogen-bond acceptors (Lipinski definition) is 4. The first-order chi connectivity index (χ1) is 13.7. The third-order valence-electron chi connectivity index (χ3n) is 4.13. The maximum Gasteiger partial charge on any atom is 0.191 e. The Morgan fingerprint density at radius 1 is 1.07 bits per heavy atom. The molecule has 29 heavy (non-hydrogen) atoms. The second-order valence-electron chi connectivity index (χ2n) is 6.27. The Bertz CT molecular complexity index is 897. The van der Waals surface area contributed by atoms with Crippen molar-refractivity contribution in [3.8, 4) is 5.75 Å². The lowest BCUT2D eigenvalue weighted by molar-refractivity contribution is 0.306. The molecule has 1 heterocycles. The van der Waals surface area contributed by atoms with Crippen LogP contribution in [0.5, 0.6) is 5.75 Å². The summed E-state index contributed by atoms with van der Waals surface area (Å²) < 4.78 is 7.64. The highest BCUT2D eigenvalue weighted by Crippen LogP contribution is 2.16. The molecule has 0 fully saturated rings. The number of halogens is 1. The molecule has 0 amide bonds. The van der Waals surface area contributed by atoms with Gasteiger partial charge in [-0.25, -0.2) is 9.98 Å². The lowest BCUT2D eigenvalue weighted by atomic mass is 10.2. The molecule has 0 unspecified atom stereocenters. The average Bonchev–Trinajstić information content (AvgIpc) is 3.14. The van der Waals surface area contributed by atoms with Crippen molar-refractivity contribution in [3.63, 3.8) is 0 Å². The van der Waals surface area contributed by atoms with Crippen LogP contribution >= 0.6 is 24.0 Å². The zero-order valence-electron chi connectivity index (χ0n) is 16.7. The number of nitrogens with zero attached hydrogens (tertiary/aromatic N) is 4. The Labute approximate surface area is 188 Å². The number of benzene rings is 2. The number of guanidine groups is 1. The number of rotatable bonds is 8. The number of aromatic nitrogens is 3. The highest BCUT2D eigenvalue weighted by atomic mass is 127. The molecule has 0 atom stereocenters. The van der Waals surface area contributed by atoms with Crippen LogP contribution in [-0.4, -0.2) is 27.3 Å².